The van der Waals surface area contributed by atoms with Crippen molar-refractivity contribution in [2.24, 2.45) is 0 Å². The van der Waals surface area contributed by atoms with E-state index in [0.29, 0.717) is 5.02 Å². The Labute approximate surface area is 144 Å². The van der Waals surface area contributed by atoms with Crippen LogP contribution in [0, 0.1) is 11.3 Å². The van der Waals surface area contributed by atoms with Crippen molar-refractivity contribution in [3.8, 4) is 6.07 Å². The molecule has 0 amide bonds. The third-order valence-electron chi connectivity index (χ3n) is 4.26. The molecule has 0 saturated carbocycles. The first-order valence-electron chi connectivity index (χ1n) is 7.92. The maximum Gasteiger partial charge on any atom is 0.0838 e. The molecule has 1 unspecified atom stereocenters. The van der Waals surface area contributed by atoms with Gasteiger partial charge in [0.1, 0.15) is 0 Å². The van der Waals surface area contributed by atoms with Gasteiger partial charge < -0.3 is 4.90 Å². The maximum absolute atomic E-state index is 10.0. The molecule has 0 aliphatic rings. The smallest absolute Gasteiger partial charge is 0.0838 e. The van der Waals surface area contributed by atoms with Crippen molar-refractivity contribution >= 4 is 11.6 Å². The molecule has 0 radical (unpaired) electrons. The first kappa shape index (κ1) is 17.5. The Morgan fingerprint density at radius 3 is 2.39 bits per heavy atom. The first-order valence-corrected chi connectivity index (χ1v) is 8.29. The van der Waals surface area contributed by atoms with Gasteiger partial charge in [0.25, 0.3) is 0 Å². The third-order valence-corrected chi connectivity index (χ3v) is 4.50. The van der Waals surface area contributed by atoms with E-state index in [2.05, 4.69) is 23.1 Å². The van der Waals surface area contributed by atoms with Gasteiger partial charge in [-0.2, -0.15) is 5.26 Å². The standard InChI is InChI=1S/C20H23ClN2/c1-23(2)14-13-20(16-22,18-9-6-10-19(21)15-18)12-11-17-7-4-3-5-8-17/h3-10,15H,11-14H2,1-2H3. The van der Waals surface area contributed by atoms with Crippen LogP contribution in [-0.2, 0) is 11.8 Å². The summed E-state index contributed by atoms with van der Waals surface area (Å²) in [6.45, 7) is 0.870. The SMILES string of the molecule is CN(C)CCC(C#N)(CCc1ccccc1)c1cccc(Cl)c1. The van der Waals surface area contributed by atoms with Crippen molar-refractivity contribution in [3.63, 3.8) is 0 Å². The van der Waals surface area contributed by atoms with Gasteiger partial charge in [-0.25, -0.2) is 0 Å². The summed E-state index contributed by atoms with van der Waals surface area (Å²) < 4.78 is 0. The van der Waals surface area contributed by atoms with Gasteiger partial charge in [0.2, 0.25) is 0 Å². The average molecular weight is 327 g/mol. The minimum absolute atomic E-state index is 0.509. The minimum atomic E-state index is -0.509. The monoisotopic (exact) mass is 326 g/mol. The zero-order chi connectivity index (χ0) is 16.7. The van der Waals surface area contributed by atoms with Gasteiger partial charge >= 0.3 is 0 Å². The van der Waals surface area contributed by atoms with Crippen LogP contribution in [-0.4, -0.2) is 25.5 Å². The van der Waals surface area contributed by atoms with Crippen LogP contribution in [0.15, 0.2) is 54.6 Å². The van der Waals surface area contributed by atoms with Gasteiger partial charge in [-0.05, 0) is 63.2 Å². The lowest BCUT2D eigenvalue weighted by atomic mass is 9.74. The molecule has 0 saturated heterocycles. The molecule has 23 heavy (non-hydrogen) atoms. The molecule has 0 spiro atoms. The van der Waals surface area contributed by atoms with Crippen LogP contribution >= 0.6 is 11.6 Å². The second-order valence-electron chi connectivity index (χ2n) is 6.24. The van der Waals surface area contributed by atoms with Gasteiger partial charge in [-0.3, -0.25) is 0 Å². The van der Waals surface area contributed by atoms with E-state index >= 15 is 0 Å². The summed E-state index contributed by atoms with van der Waals surface area (Å²) in [5.74, 6) is 0. The molecule has 2 aromatic carbocycles. The topological polar surface area (TPSA) is 27.0 Å². The Balaban J connectivity index is 2.27. The summed E-state index contributed by atoms with van der Waals surface area (Å²) in [7, 11) is 4.08. The molecule has 2 rings (SSSR count). The largest absolute Gasteiger partial charge is 0.309 e. The minimum Gasteiger partial charge on any atom is -0.309 e. The molecule has 0 aliphatic carbocycles. The van der Waals surface area contributed by atoms with E-state index in [1.54, 1.807) is 0 Å². The van der Waals surface area contributed by atoms with Crippen molar-refractivity contribution in [2.75, 3.05) is 20.6 Å². The van der Waals surface area contributed by atoms with Crippen LogP contribution in [0.2, 0.25) is 5.02 Å². The Kier molecular flexibility index (Phi) is 6.21. The number of halogens is 1. The van der Waals surface area contributed by atoms with Crippen LogP contribution < -0.4 is 0 Å². The summed E-state index contributed by atoms with van der Waals surface area (Å²) in [6, 6.07) is 20.7. The highest BCUT2D eigenvalue weighted by molar-refractivity contribution is 6.30. The normalized spacial score (nSPS) is 13.5. The quantitative estimate of drug-likeness (QED) is 0.738. The number of hydrogen-bond donors (Lipinski definition) is 0. The lowest BCUT2D eigenvalue weighted by Gasteiger charge is -2.29. The van der Waals surface area contributed by atoms with E-state index in [1.165, 1.54) is 5.56 Å². The van der Waals surface area contributed by atoms with E-state index in [9.17, 15) is 5.26 Å². The highest BCUT2D eigenvalue weighted by Gasteiger charge is 2.32. The van der Waals surface area contributed by atoms with Crippen molar-refractivity contribution in [3.05, 3.63) is 70.7 Å². The Bertz CT molecular complexity index is 661. The van der Waals surface area contributed by atoms with E-state index in [4.69, 9.17) is 11.6 Å². The van der Waals surface area contributed by atoms with Crippen molar-refractivity contribution in [1.29, 1.82) is 5.26 Å². The molecule has 0 fully saturated rings. The van der Waals surface area contributed by atoms with Gasteiger partial charge in [-0.1, -0.05) is 54.1 Å². The fourth-order valence-corrected chi connectivity index (χ4v) is 2.98. The maximum atomic E-state index is 10.0. The van der Waals surface area contributed by atoms with Crippen LogP contribution in [0.3, 0.4) is 0 Å². The van der Waals surface area contributed by atoms with E-state index in [1.807, 2.05) is 56.6 Å². The molecule has 2 aromatic rings. The zero-order valence-corrected chi connectivity index (χ0v) is 14.6. The number of benzene rings is 2. The molecule has 0 aromatic heterocycles. The molecule has 120 valence electrons. The molecule has 0 aliphatic heterocycles. The fraction of sp³-hybridized carbons (Fsp3) is 0.350. The number of aryl methyl sites for hydroxylation is 1. The van der Waals surface area contributed by atoms with E-state index < -0.39 is 5.41 Å². The van der Waals surface area contributed by atoms with Crippen LogP contribution in [0.1, 0.15) is 24.0 Å². The lowest BCUT2D eigenvalue weighted by molar-refractivity contribution is 0.342. The molecule has 1 atom stereocenters. The predicted octanol–water partition coefficient (Wildman–Crippen LogP) is 4.69. The summed E-state index contributed by atoms with van der Waals surface area (Å²) in [4.78, 5) is 2.12. The highest BCUT2D eigenvalue weighted by Crippen LogP contribution is 2.34. The Hall–Kier alpha value is -1.82. The van der Waals surface area contributed by atoms with Gasteiger partial charge in [0.05, 0.1) is 11.5 Å². The number of nitrogens with zero attached hydrogens (tertiary/aromatic N) is 2. The lowest BCUT2D eigenvalue weighted by Crippen LogP contribution is -2.30. The first-order chi connectivity index (χ1) is 11.1. The second-order valence-corrected chi connectivity index (χ2v) is 6.68. The van der Waals surface area contributed by atoms with Gasteiger partial charge in [-0.15, -0.1) is 0 Å². The Morgan fingerprint density at radius 2 is 1.78 bits per heavy atom. The highest BCUT2D eigenvalue weighted by atomic mass is 35.5. The molecule has 0 heterocycles. The van der Waals surface area contributed by atoms with Crippen molar-refractivity contribution in [1.82, 2.24) is 4.90 Å². The summed E-state index contributed by atoms with van der Waals surface area (Å²) >= 11 is 6.17. The second kappa shape index (κ2) is 8.15. The van der Waals surface area contributed by atoms with Crippen LogP contribution in [0.25, 0.3) is 0 Å². The molecule has 3 heteroatoms. The van der Waals surface area contributed by atoms with Crippen LogP contribution in [0.5, 0.6) is 0 Å². The molecule has 0 N–H and O–H groups in total. The average Bonchev–Trinajstić information content (AvgIpc) is 2.56. The molecule has 2 nitrogen and oxygen atoms in total. The molecule has 0 bridgehead atoms. The van der Waals surface area contributed by atoms with Crippen LogP contribution in [0.4, 0.5) is 0 Å². The van der Waals surface area contributed by atoms with E-state index in [-0.39, 0.29) is 0 Å². The number of hydrogen-bond acceptors (Lipinski definition) is 2. The Morgan fingerprint density at radius 1 is 1.04 bits per heavy atom. The van der Waals surface area contributed by atoms with Gasteiger partial charge in [0, 0.05) is 5.02 Å². The van der Waals surface area contributed by atoms with Gasteiger partial charge in [0.15, 0.2) is 0 Å². The van der Waals surface area contributed by atoms with Crippen molar-refractivity contribution < 1.29 is 0 Å². The fourth-order valence-electron chi connectivity index (χ4n) is 2.79. The summed E-state index contributed by atoms with van der Waals surface area (Å²) in [5, 5.41) is 10.7. The summed E-state index contributed by atoms with van der Waals surface area (Å²) in [6.07, 6.45) is 2.47. The summed E-state index contributed by atoms with van der Waals surface area (Å²) in [5.41, 5.74) is 1.77. The molecular weight excluding hydrogens is 304 g/mol. The van der Waals surface area contributed by atoms with Crippen molar-refractivity contribution in [2.45, 2.75) is 24.7 Å². The number of nitriles is 1. The molecular formula is C20H23ClN2. The predicted molar refractivity (Wildman–Crippen MR) is 96.7 cm³/mol. The number of rotatable bonds is 7. The third kappa shape index (κ3) is 4.82. The van der Waals surface area contributed by atoms with E-state index in [0.717, 1.165) is 31.4 Å². The zero-order valence-electron chi connectivity index (χ0n) is 13.8.